The molecular formula is C20H20ClNO5. The third-order valence-electron chi connectivity index (χ3n) is 3.60. The minimum Gasteiger partial charge on any atom is -0.490 e. The number of allylic oxidation sites excluding steroid dienone is 1. The van der Waals surface area contributed by atoms with E-state index >= 15 is 0 Å². The predicted molar refractivity (Wildman–Crippen MR) is 105 cm³/mol. The molecule has 0 radical (unpaired) electrons. The molecule has 0 aliphatic carbocycles. The molecule has 6 nitrogen and oxygen atoms in total. The Bertz CT molecular complexity index is 863. The van der Waals surface area contributed by atoms with Crippen LogP contribution in [0.4, 0.5) is 5.69 Å². The smallest absolute Gasteiger partial charge is 0.288 e. The quantitative estimate of drug-likeness (QED) is 0.250. The number of hydrogen-bond acceptors (Lipinski definition) is 5. The first-order valence-electron chi connectivity index (χ1n) is 8.52. The predicted octanol–water partition coefficient (Wildman–Crippen LogP) is 5.33. The Balaban J connectivity index is 2.31. The molecule has 0 spiro atoms. The third-order valence-corrected chi connectivity index (χ3v) is 3.92. The summed E-state index contributed by atoms with van der Waals surface area (Å²) in [6, 6.07) is 9.37. The number of rotatable bonds is 9. The number of halogens is 1. The number of para-hydroxylation sites is 1. The van der Waals surface area contributed by atoms with Crippen molar-refractivity contribution in [3.63, 3.8) is 0 Å². The van der Waals surface area contributed by atoms with Crippen molar-refractivity contribution in [3.8, 4) is 11.5 Å². The van der Waals surface area contributed by atoms with Crippen molar-refractivity contribution in [2.75, 3.05) is 13.2 Å². The zero-order valence-corrected chi connectivity index (χ0v) is 15.9. The fourth-order valence-corrected chi connectivity index (χ4v) is 2.55. The summed E-state index contributed by atoms with van der Waals surface area (Å²) < 4.78 is 11.4. The summed E-state index contributed by atoms with van der Waals surface area (Å²) in [6.07, 6.45) is 3.78. The van der Waals surface area contributed by atoms with Gasteiger partial charge in [0.1, 0.15) is 5.02 Å². The Morgan fingerprint density at radius 2 is 2.00 bits per heavy atom. The minimum atomic E-state index is -0.620. The van der Waals surface area contributed by atoms with Gasteiger partial charge in [0, 0.05) is 17.2 Å². The van der Waals surface area contributed by atoms with E-state index in [4.69, 9.17) is 21.1 Å². The van der Waals surface area contributed by atoms with E-state index in [9.17, 15) is 14.9 Å². The number of carbonyl (C=O) groups is 1. The third kappa shape index (κ3) is 5.31. The van der Waals surface area contributed by atoms with Crippen LogP contribution in [0.3, 0.4) is 0 Å². The first-order chi connectivity index (χ1) is 13.0. The van der Waals surface area contributed by atoms with E-state index in [0.717, 1.165) is 6.42 Å². The van der Waals surface area contributed by atoms with Crippen LogP contribution in [-0.2, 0) is 0 Å². The van der Waals surface area contributed by atoms with Gasteiger partial charge in [-0.1, -0.05) is 30.7 Å². The van der Waals surface area contributed by atoms with Crippen LogP contribution in [-0.4, -0.2) is 23.9 Å². The largest absolute Gasteiger partial charge is 0.490 e. The SMILES string of the molecule is CCCOc1c(/C=C/C(=O)c2ccc(Cl)c([N+](=O)[O-])c2)cccc1OCC. The van der Waals surface area contributed by atoms with E-state index in [1.165, 1.54) is 24.3 Å². The summed E-state index contributed by atoms with van der Waals surface area (Å²) in [5, 5.41) is 11.0. The monoisotopic (exact) mass is 389 g/mol. The summed E-state index contributed by atoms with van der Waals surface area (Å²) in [7, 11) is 0. The van der Waals surface area contributed by atoms with Gasteiger partial charge in [0.2, 0.25) is 0 Å². The van der Waals surface area contributed by atoms with Gasteiger partial charge < -0.3 is 9.47 Å². The molecule has 0 amide bonds. The molecule has 142 valence electrons. The van der Waals surface area contributed by atoms with Gasteiger partial charge in [0.05, 0.1) is 18.1 Å². The lowest BCUT2D eigenvalue weighted by Crippen LogP contribution is -2.02. The van der Waals surface area contributed by atoms with Crippen molar-refractivity contribution in [2.24, 2.45) is 0 Å². The second kappa shape index (κ2) is 9.73. The van der Waals surface area contributed by atoms with Crippen molar-refractivity contribution in [2.45, 2.75) is 20.3 Å². The maximum atomic E-state index is 12.4. The van der Waals surface area contributed by atoms with Gasteiger partial charge in [-0.25, -0.2) is 0 Å². The first kappa shape index (κ1) is 20.5. The second-order valence-corrected chi connectivity index (χ2v) is 5.98. The van der Waals surface area contributed by atoms with E-state index < -0.39 is 4.92 Å². The molecule has 0 saturated heterocycles. The number of ether oxygens (including phenoxy) is 2. The van der Waals surface area contributed by atoms with Crippen LogP contribution >= 0.6 is 11.6 Å². The molecule has 0 fully saturated rings. The van der Waals surface area contributed by atoms with Crippen LogP contribution in [0.15, 0.2) is 42.5 Å². The van der Waals surface area contributed by atoms with Gasteiger partial charge in [-0.15, -0.1) is 0 Å². The molecule has 0 bridgehead atoms. The Kier molecular flexibility index (Phi) is 7.37. The highest BCUT2D eigenvalue weighted by atomic mass is 35.5. The van der Waals surface area contributed by atoms with E-state index in [1.807, 2.05) is 19.9 Å². The van der Waals surface area contributed by atoms with Crippen LogP contribution in [0.25, 0.3) is 6.08 Å². The molecule has 0 heterocycles. The van der Waals surface area contributed by atoms with Crippen LogP contribution in [0.1, 0.15) is 36.2 Å². The lowest BCUT2D eigenvalue weighted by molar-refractivity contribution is -0.384. The highest BCUT2D eigenvalue weighted by molar-refractivity contribution is 6.32. The van der Waals surface area contributed by atoms with E-state index in [-0.39, 0.29) is 22.1 Å². The van der Waals surface area contributed by atoms with Crippen molar-refractivity contribution in [1.29, 1.82) is 0 Å². The summed E-state index contributed by atoms with van der Waals surface area (Å²) >= 11 is 5.78. The molecule has 0 atom stereocenters. The fourth-order valence-electron chi connectivity index (χ4n) is 2.36. The normalized spacial score (nSPS) is 10.8. The number of nitrogens with zero attached hydrogens (tertiary/aromatic N) is 1. The Labute approximate surface area is 162 Å². The lowest BCUT2D eigenvalue weighted by Gasteiger charge is -2.13. The zero-order valence-electron chi connectivity index (χ0n) is 15.1. The maximum absolute atomic E-state index is 12.4. The Morgan fingerprint density at radius 3 is 2.67 bits per heavy atom. The van der Waals surface area contributed by atoms with Crippen molar-refractivity contribution >= 4 is 29.1 Å². The zero-order chi connectivity index (χ0) is 19.8. The van der Waals surface area contributed by atoms with Crippen LogP contribution in [0.5, 0.6) is 11.5 Å². The molecule has 0 N–H and O–H groups in total. The molecule has 2 aromatic rings. The number of carbonyl (C=O) groups excluding carboxylic acids is 1. The van der Waals surface area contributed by atoms with Crippen molar-refractivity contribution < 1.29 is 19.2 Å². The standard InChI is InChI=1S/C20H20ClNO5/c1-3-12-27-20-14(6-5-7-19(20)26-4-2)9-11-18(23)15-8-10-16(21)17(13-15)22(24)25/h5-11,13H,3-4,12H2,1-2H3/b11-9+. The molecule has 0 saturated carbocycles. The molecule has 2 aromatic carbocycles. The van der Waals surface area contributed by atoms with Gasteiger partial charge in [0.15, 0.2) is 17.3 Å². The first-order valence-corrected chi connectivity index (χ1v) is 8.90. The number of hydrogen-bond donors (Lipinski definition) is 0. The summed E-state index contributed by atoms with van der Waals surface area (Å²) in [6.45, 7) is 4.88. The van der Waals surface area contributed by atoms with Crippen LogP contribution < -0.4 is 9.47 Å². The molecule has 0 aliphatic heterocycles. The average molecular weight is 390 g/mol. The Morgan fingerprint density at radius 1 is 1.22 bits per heavy atom. The van der Waals surface area contributed by atoms with Crippen LogP contribution in [0.2, 0.25) is 5.02 Å². The van der Waals surface area contributed by atoms with Crippen LogP contribution in [0, 0.1) is 10.1 Å². The lowest BCUT2D eigenvalue weighted by atomic mass is 10.1. The highest BCUT2D eigenvalue weighted by Crippen LogP contribution is 2.33. The van der Waals surface area contributed by atoms with Gasteiger partial charge >= 0.3 is 0 Å². The van der Waals surface area contributed by atoms with Crippen molar-refractivity contribution in [3.05, 3.63) is 68.7 Å². The molecule has 27 heavy (non-hydrogen) atoms. The van der Waals surface area contributed by atoms with E-state index in [1.54, 1.807) is 18.2 Å². The molecule has 7 heteroatoms. The van der Waals surface area contributed by atoms with Crippen molar-refractivity contribution in [1.82, 2.24) is 0 Å². The summed E-state index contributed by atoms with van der Waals surface area (Å²) in [5.41, 5.74) is 0.562. The van der Waals surface area contributed by atoms with Gasteiger partial charge in [0.25, 0.3) is 5.69 Å². The number of benzene rings is 2. The molecule has 2 rings (SSSR count). The minimum absolute atomic E-state index is 0.0137. The summed E-state index contributed by atoms with van der Waals surface area (Å²) in [4.78, 5) is 22.8. The number of ketones is 1. The topological polar surface area (TPSA) is 78.7 Å². The van der Waals surface area contributed by atoms with E-state index in [0.29, 0.717) is 30.3 Å². The average Bonchev–Trinajstić information content (AvgIpc) is 2.65. The highest BCUT2D eigenvalue weighted by Gasteiger charge is 2.15. The number of nitro benzene ring substituents is 1. The molecule has 0 unspecified atom stereocenters. The fraction of sp³-hybridized carbons (Fsp3) is 0.250. The van der Waals surface area contributed by atoms with E-state index in [2.05, 4.69) is 0 Å². The van der Waals surface area contributed by atoms with Gasteiger partial charge in [-0.3, -0.25) is 14.9 Å². The molecule has 0 aliphatic rings. The van der Waals surface area contributed by atoms with Gasteiger partial charge in [-0.2, -0.15) is 0 Å². The second-order valence-electron chi connectivity index (χ2n) is 5.58. The molecule has 0 aromatic heterocycles. The Hall–Kier alpha value is -2.86. The van der Waals surface area contributed by atoms with Gasteiger partial charge in [-0.05, 0) is 43.7 Å². The number of nitro groups is 1. The summed E-state index contributed by atoms with van der Waals surface area (Å²) in [5.74, 6) is 0.785. The maximum Gasteiger partial charge on any atom is 0.288 e. The molecular weight excluding hydrogens is 370 g/mol.